The van der Waals surface area contributed by atoms with Crippen LogP contribution in [0.15, 0.2) is 11.0 Å². The number of hydrogen-bond donors (Lipinski definition) is 2. The quantitative estimate of drug-likeness (QED) is 0.721. The Hall–Kier alpha value is -2.11. The first-order valence-corrected chi connectivity index (χ1v) is 7.60. The lowest BCUT2D eigenvalue weighted by atomic mass is 9.85. The van der Waals surface area contributed by atoms with Gasteiger partial charge in [-0.05, 0) is 25.7 Å². The van der Waals surface area contributed by atoms with E-state index in [1.54, 1.807) is 6.20 Å². The topological polar surface area (TPSA) is 79.4 Å². The SMILES string of the molecule is Cc1nc2ncc3[nH]c(=O)n([C@H]4CCCC[C@H]4C)c3c2[nH]1. The van der Waals surface area contributed by atoms with Gasteiger partial charge in [-0.15, -0.1) is 0 Å². The van der Waals surface area contributed by atoms with Crippen LogP contribution in [-0.4, -0.2) is 24.5 Å². The number of H-pyrrole nitrogens is 2. The Labute approximate surface area is 121 Å². The number of imidazole rings is 2. The van der Waals surface area contributed by atoms with Crippen LogP contribution in [0.3, 0.4) is 0 Å². The van der Waals surface area contributed by atoms with Gasteiger partial charge >= 0.3 is 5.69 Å². The van der Waals surface area contributed by atoms with Crippen LogP contribution in [0.4, 0.5) is 0 Å². The van der Waals surface area contributed by atoms with Crippen molar-refractivity contribution in [2.24, 2.45) is 5.92 Å². The van der Waals surface area contributed by atoms with Gasteiger partial charge in [0.1, 0.15) is 11.3 Å². The largest absolute Gasteiger partial charge is 0.339 e. The summed E-state index contributed by atoms with van der Waals surface area (Å²) in [6.07, 6.45) is 6.40. The van der Waals surface area contributed by atoms with E-state index in [9.17, 15) is 4.79 Å². The second-order valence-corrected chi connectivity index (χ2v) is 6.17. The van der Waals surface area contributed by atoms with Gasteiger partial charge in [-0.1, -0.05) is 19.8 Å². The number of aryl methyl sites for hydroxylation is 1. The molecule has 3 aromatic heterocycles. The van der Waals surface area contributed by atoms with Crippen molar-refractivity contribution >= 4 is 22.2 Å². The van der Waals surface area contributed by atoms with E-state index in [4.69, 9.17) is 0 Å². The Morgan fingerprint density at radius 1 is 1.29 bits per heavy atom. The minimum atomic E-state index is -0.0368. The van der Waals surface area contributed by atoms with E-state index >= 15 is 0 Å². The van der Waals surface area contributed by atoms with E-state index in [-0.39, 0.29) is 11.7 Å². The van der Waals surface area contributed by atoms with Crippen molar-refractivity contribution in [2.75, 3.05) is 0 Å². The molecule has 0 bridgehead atoms. The summed E-state index contributed by atoms with van der Waals surface area (Å²) in [5, 5.41) is 0. The predicted molar refractivity (Wildman–Crippen MR) is 81.4 cm³/mol. The summed E-state index contributed by atoms with van der Waals surface area (Å²) in [5.74, 6) is 1.34. The van der Waals surface area contributed by atoms with E-state index in [0.29, 0.717) is 11.6 Å². The number of pyridine rings is 1. The number of rotatable bonds is 1. The van der Waals surface area contributed by atoms with Crippen molar-refractivity contribution in [2.45, 2.75) is 45.6 Å². The highest BCUT2D eigenvalue weighted by Crippen LogP contribution is 2.35. The lowest BCUT2D eigenvalue weighted by Gasteiger charge is -2.29. The Morgan fingerprint density at radius 2 is 2.10 bits per heavy atom. The average Bonchev–Trinajstić information content (AvgIpc) is 2.98. The molecule has 6 heteroatoms. The molecule has 1 aliphatic carbocycles. The van der Waals surface area contributed by atoms with Crippen LogP contribution in [0.25, 0.3) is 22.2 Å². The zero-order valence-corrected chi connectivity index (χ0v) is 12.3. The third-order valence-electron chi connectivity index (χ3n) is 4.71. The van der Waals surface area contributed by atoms with E-state index in [0.717, 1.165) is 28.8 Å². The van der Waals surface area contributed by atoms with Crippen LogP contribution < -0.4 is 5.69 Å². The first kappa shape index (κ1) is 12.6. The molecule has 2 N–H and O–H groups in total. The summed E-state index contributed by atoms with van der Waals surface area (Å²) in [6, 6.07) is 0.259. The maximum Gasteiger partial charge on any atom is 0.326 e. The summed E-state index contributed by atoms with van der Waals surface area (Å²) in [5.41, 5.74) is 3.21. The molecule has 6 nitrogen and oxygen atoms in total. The third-order valence-corrected chi connectivity index (χ3v) is 4.71. The maximum absolute atomic E-state index is 12.5. The number of hydrogen-bond acceptors (Lipinski definition) is 3. The zero-order valence-electron chi connectivity index (χ0n) is 12.3. The monoisotopic (exact) mass is 285 g/mol. The molecule has 3 heterocycles. The minimum Gasteiger partial charge on any atom is -0.339 e. The van der Waals surface area contributed by atoms with Gasteiger partial charge in [0.15, 0.2) is 5.65 Å². The van der Waals surface area contributed by atoms with Crippen LogP contribution in [0, 0.1) is 12.8 Å². The number of fused-ring (bicyclic) bond motifs is 3. The Balaban J connectivity index is 2.05. The Morgan fingerprint density at radius 3 is 2.90 bits per heavy atom. The predicted octanol–water partition coefficient (Wildman–Crippen LogP) is 2.66. The average molecular weight is 285 g/mol. The molecule has 1 aliphatic rings. The molecule has 4 rings (SSSR count). The van der Waals surface area contributed by atoms with Crippen LogP contribution in [0.5, 0.6) is 0 Å². The van der Waals surface area contributed by atoms with Crippen molar-refractivity contribution in [3.63, 3.8) is 0 Å². The zero-order chi connectivity index (χ0) is 14.6. The molecular weight excluding hydrogens is 266 g/mol. The van der Waals surface area contributed by atoms with Crippen LogP contribution in [0.1, 0.15) is 44.5 Å². The van der Waals surface area contributed by atoms with Crippen molar-refractivity contribution in [1.29, 1.82) is 0 Å². The first-order chi connectivity index (χ1) is 10.1. The molecule has 2 atom stereocenters. The van der Waals surface area contributed by atoms with Crippen molar-refractivity contribution in [3.05, 3.63) is 22.5 Å². The van der Waals surface area contributed by atoms with Gasteiger partial charge < -0.3 is 9.97 Å². The summed E-state index contributed by atoms with van der Waals surface area (Å²) in [4.78, 5) is 27.4. The maximum atomic E-state index is 12.5. The fraction of sp³-hybridized carbons (Fsp3) is 0.533. The fourth-order valence-corrected chi connectivity index (χ4v) is 3.67. The summed E-state index contributed by atoms with van der Waals surface area (Å²) in [7, 11) is 0. The van der Waals surface area contributed by atoms with Gasteiger partial charge in [-0.25, -0.2) is 14.8 Å². The summed E-state index contributed by atoms with van der Waals surface area (Å²) in [6.45, 7) is 4.15. The summed E-state index contributed by atoms with van der Waals surface area (Å²) >= 11 is 0. The fourth-order valence-electron chi connectivity index (χ4n) is 3.67. The molecule has 1 fully saturated rings. The molecule has 0 radical (unpaired) electrons. The highest BCUT2D eigenvalue weighted by molar-refractivity contribution is 5.98. The van der Waals surface area contributed by atoms with Crippen LogP contribution in [0.2, 0.25) is 0 Å². The molecule has 0 aromatic carbocycles. The highest BCUT2D eigenvalue weighted by Gasteiger charge is 2.27. The normalized spacial score (nSPS) is 23.1. The molecule has 0 unspecified atom stereocenters. The van der Waals surface area contributed by atoms with E-state index in [1.165, 1.54) is 19.3 Å². The second-order valence-electron chi connectivity index (χ2n) is 6.17. The van der Waals surface area contributed by atoms with Gasteiger partial charge in [-0.2, -0.15) is 0 Å². The molecular formula is C15H19N5O. The van der Waals surface area contributed by atoms with Crippen molar-refractivity contribution < 1.29 is 0 Å². The molecule has 21 heavy (non-hydrogen) atoms. The number of aromatic nitrogens is 5. The first-order valence-electron chi connectivity index (χ1n) is 7.60. The standard InChI is InChI=1S/C15H19N5O/c1-8-5-3-4-6-11(8)20-13-10(19-15(20)21)7-16-14-12(13)17-9(2)18-14/h7-8,11H,3-6H2,1-2H3,(H,19,21)(H,16,17,18)/t8-,11+/m1/s1. The molecule has 0 aliphatic heterocycles. The Bertz CT molecular complexity index is 871. The lowest BCUT2D eigenvalue weighted by Crippen LogP contribution is -2.29. The number of aromatic amines is 2. The van der Waals surface area contributed by atoms with Gasteiger partial charge in [0, 0.05) is 6.04 Å². The van der Waals surface area contributed by atoms with E-state index < -0.39 is 0 Å². The van der Waals surface area contributed by atoms with Crippen molar-refractivity contribution in [3.8, 4) is 0 Å². The molecule has 110 valence electrons. The molecule has 0 saturated heterocycles. The molecule has 1 saturated carbocycles. The van der Waals surface area contributed by atoms with Crippen LogP contribution in [-0.2, 0) is 0 Å². The highest BCUT2D eigenvalue weighted by atomic mass is 16.1. The lowest BCUT2D eigenvalue weighted by molar-refractivity contribution is 0.258. The minimum absolute atomic E-state index is 0.0368. The van der Waals surface area contributed by atoms with Gasteiger partial charge in [0.25, 0.3) is 0 Å². The van der Waals surface area contributed by atoms with Crippen molar-refractivity contribution in [1.82, 2.24) is 24.5 Å². The number of nitrogens with zero attached hydrogens (tertiary/aromatic N) is 3. The number of nitrogens with one attached hydrogen (secondary N) is 2. The second kappa shape index (κ2) is 4.44. The van der Waals surface area contributed by atoms with E-state index in [2.05, 4.69) is 26.9 Å². The van der Waals surface area contributed by atoms with E-state index in [1.807, 2.05) is 11.5 Å². The molecule has 3 aromatic rings. The Kier molecular flexibility index (Phi) is 2.67. The van der Waals surface area contributed by atoms with Gasteiger partial charge in [0.05, 0.1) is 17.2 Å². The smallest absolute Gasteiger partial charge is 0.326 e. The molecule has 0 spiro atoms. The third kappa shape index (κ3) is 1.81. The van der Waals surface area contributed by atoms with Gasteiger partial charge in [-0.3, -0.25) is 4.57 Å². The van der Waals surface area contributed by atoms with Crippen LogP contribution >= 0.6 is 0 Å². The van der Waals surface area contributed by atoms with Gasteiger partial charge in [0.2, 0.25) is 0 Å². The molecule has 0 amide bonds. The summed E-state index contributed by atoms with van der Waals surface area (Å²) < 4.78 is 1.93.